The SMILES string of the molecule is [B]B1C(C(C)(C)C)C(CC(C)(C)C)OC1(C)C(C)(C)C. The van der Waals surface area contributed by atoms with E-state index in [-0.39, 0.29) is 34.5 Å². The lowest BCUT2D eigenvalue weighted by Crippen LogP contribution is -2.53. The third kappa shape index (κ3) is 3.46. The van der Waals surface area contributed by atoms with Crippen molar-refractivity contribution in [2.45, 2.75) is 93.1 Å². The molecule has 0 aromatic carbocycles. The molecule has 0 amide bonds. The first kappa shape index (κ1) is 18.1. The summed E-state index contributed by atoms with van der Waals surface area (Å²) in [5.74, 6) is 0.394. The van der Waals surface area contributed by atoms with Gasteiger partial charge in [0.15, 0.2) is 0 Å². The molecule has 0 aliphatic carbocycles. The summed E-state index contributed by atoms with van der Waals surface area (Å²) in [6.45, 7) is 22.8. The van der Waals surface area contributed by atoms with Gasteiger partial charge >= 0.3 is 0 Å². The predicted molar refractivity (Wildman–Crippen MR) is 91.5 cm³/mol. The maximum Gasteiger partial charge on any atom is 0.139 e. The molecule has 0 saturated carbocycles. The van der Waals surface area contributed by atoms with Gasteiger partial charge in [0.1, 0.15) is 6.60 Å². The van der Waals surface area contributed by atoms with Gasteiger partial charge in [0.2, 0.25) is 0 Å². The van der Waals surface area contributed by atoms with E-state index >= 15 is 0 Å². The van der Waals surface area contributed by atoms with Crippen molar-refractivity contribution in [3.05, 3.63) is 0 Å². The fourth-order valence-corrected chi connectivity index (χ4v) is 3.59. The lowest BCUT2D eigenvalue weighted by Gasteiger charge is -2.42. The highest BCUT2D eigenvalue weighted by molar-refractivity contribution is 7.06. The van der Waals surface area contributed by atoms with E-state index < -0.39 is 0 Å². The summed E-state index contributed by atoms with van der Waals surface area (Å²) in [5.41, 5.74) is 0.207. The molecule has 3 heteroatoms. The fourth-order valence-electron chi connectivity index (χ4n) is 3.59. The summed E-state index contributed by atoms with van der Waals surface area (Å²) < 4.78 is 6.62. The quantitative estimate of drug-likeness (QED) is 0.628. The minimum absolute atomic E-state index is 0.0442. The van der Waals surface area contributed by atoms with Crippen LogP contribution >= 0.6 is 0 Å². The van der Waals surface area contributed by atoms with E-state index in [1.807, 2.05) is 0 Å². The minimum Gasteiger partial charge on any atom is -0.381 e. The Morgan fingerprint density at radius 3 is 1.75 bits per heavy atom. The normalized spacial score (nSPS) is 32.8. The van der Waals surface area contributed by atoms with Crippen molar-refractivity contribution < 1.29 is 4.74 Å². The van der Waals surface area contributed by atoms with Crippen LogP contribution in [0.2, 0.25) is 5.82 Å². The van der Waals surface area contributed by atoms with E-state index in [4.69, 9.17) is 12.5 Å². The highest BCUT2D eigenvalue weighted by Gasteiger charge is 2.58. The second-order valence-corrected chi connectivity index (χ2v) is 10.2. The standard InChI is InChI=1S/C17H34B2O/c1-14(2,3)11-12-13(15(4,5)6)19(18)17(10,20-12)16(7,8)9/h12-13H,11H2,1-10H3. The molecule has 3 atom stereocenters. The van der Waals surface area contributed by atoms with E-state index in [1.165, 1.54) is 0 Å². The molecule has 3 unspecified atom stereocenters. The Balaban J connectivity index is 3.18. The predicted octanol–water partition coefficient (Wildman–Crippen LogP) is 4.74. The number of hydrogen-bond donors (Lipinski definition) is 0. The molecule has 0 aromatic rings. The summed E-state index contributed by atoms with van der Waals surface area (Å²) in [7, 11) is 6.71. The minimum atomic E-state index is -0.263. The van der Waals surface area contributed by atoms with Crippen molar-refractivity contribution in [2.24, 2.45) is 16.2 Å². The molecule has 2 radical (unpaired) electrons. The molecule has 114 valence electrons. The van der Waals surface area contributed by atoms with Crippen LogP contribution in [0.3, 0.4) is 0 Å². The van der Waals surface area contributed by atoms with Crippen LogP contribution in [0.1, 0.15) is 75.7 Å². The first-order valence-electron chi connectivity index (χ1n) is 8.03. The molecule has 0 bridgehead atoms. The van der Waals surface area contributed by atoms with Crippen molar-refractivity contribution in [3.63, 3.8) is 0 Å². The van der Waals surface area contributed by atoms with E-state index in [2.05, 4.69) is 69.2 Å². The Hall–Kier alpha value is 0.0899. The molecule has 1 fully saturated rings. The fraction of sp³-hybridized carbons (Fsp3) is 1.00. The molecular weight excluding hydrogens is 242 g/mol. The Bertz CT molecular complexity index is 345. The first-order valence-corrected chi connectivity index (χ1v) is 8.03. The summed E-state index contributed by atoms with van der Waals surface area (Å²) >= 11 is 0. The van der Waals surface area contributed by atoms with E-state index in [9.17, 15) is 0 Å². The van der Waals surface area contributed by atoms with Gasteiger partial charge in [0.05, 0.1) is 6.10 Å². The van der Waals surface area contributed by atoms with Gasteiger partial charge in [-0.1, -0.05) is 62.3 Å². The number of hydrogen-bond acceptors (Lipinski definition) is 1. The van der Waals surface area contributed by atoms with Gasteiger partial charge in [0.25, 0.3) is 0 Å². The summed E-state index contributed by atoms with van der Waals surface area (Å²) in [4.78, 5) is 0. The highest BCUT2D eigenvalue weighted by Crippen LogP contribution is 2.54. The monoisotopic (exact) mass is 276 g/mol. The van der Waals surface area contributed by atoms with Crippen molar-refractivity contribution in [2.75, 3.05) is 0 Å². The van der Waals surface area contributed by atoms with E-state index in [0.717, 1.165) is 6.42 Å². The molecule has 1 nitrogen and oxygen atoms in total. The van der Waals surface area contributed by atoms with Gasteiger partial charge in [-0.05, 0) is 35.4 Å². The lowest BCUT2D eigenvalue weighted by molar-refractivity contribution is -0.0849. The van der Waals surface area contributed by atoms with Crippen LogP contribution in [0.4, 0.5) is 0 Å². The summed E-state index contributed by atoms with van der Waals surface area (Å²) in [6.07, 6.45) is 1.31. The van der Waals surface area contributed by atoms with Crippen LogP contribution in [0.5, 0.6) is 0 Å². The molecule has 1 rings (SSSR count). The summed E-state index contributed by atoms with van der Waals surface area (Å²) in [5, 5.41) is 0. The lowest BCUT2D eigenvalue weighted by atomic mass is 9.15. The van der Waals surface area contributed by atoms with Gasteiger partial charge in [-0.2, -0.15) is 0 Å². The van der Waals surface area contributed by atoms with Crippen LogP contribution in [0.25, 0.3) is 0 Å². The average molecular weight is 276 g/mol. The zero-order valence-electron chi connectivity index (χ0n) is 15.4. The Morgan fingerprint density at radius 1 is 1.00 bits per heavy atom. The van der Waals surface area contributed by atoms with Crippen molar-refractivity contribution in [1.29, 1.82) is 0 Å². The van der Waals surface area contributed by atoms with Crippen molar-refractivity contribution in [3.8, 4) is 0 Å². The Labute approximate surface area is 129 Å². The Morgan fingerprint density at radius 2 is 1.45 bits per heavy atom. The van der Waals surface area contributed by atoms with Gasteiger partial charge in [0, 0.05) is 13.2 Å². The van der Waals surface area contributed by atoms with Crippen LogP contribution in [0.15, 0.2) is 0 Å². The third-order valence-electron chi connectivity index (χ3n) is 5.12. The molecule has 0 N–H and O–H groups in total. The molecule has 0 spiro atoms. The van der Waals surface area contributed by atoms with Gasteiger partial charge in [-0.15, -0.1) is 0 Å². The molecule has 1 heterocycles. The topological polar surface area (TPSA) is 9.23 Å². The van der Waals surface area contributed by atoms with Crippen LogP contribution < -0.4 is 0 Å². The maximum absolute atomic E-state index is 6.71. The number of ether oxygens (including phenoxy) is 1. The average Bonchev–Trinajstić information content (AvgIpc) is 2.33. The van der Waals surface area contributed by atoms with Gasteiger partial charge in [-0.3, -0.25) is 0 Å². The smallest absolute Gasteiger partial charge is 0.139 e. The van der Waals surface area contributed by atoms with Crippen LogP contribution in [0, 0.1) is 16.2 Å². The van der Waals surface area contributed by atoms with Crippen LogP contribution in [-0.4, -0.2) is 25.9 Å². The molecular formula is C17H34B2O. The van der Waals surface area contributed by atoms with E-state index in [1.54, 1.807) is 0 Å². The van der Waals surface area contributed by atoms with E-state index in [0.29, 0.717) is 5.82 Å². The second kappa shape index (κ2) is 5.07. The third-order valence-corrected chi connectivity index (χ3v) is 5.12. The van der Waals surface area contributed by atoms with Crippen molar-refractivity contribution >= 4 is 14.3 Å². The Kier molecular flexibility index (Phi) is 4.60. The highest BCUT2D eigenvalue weighted by atomic mass is 16.5. The number of rotatable bonds is 1. The maximum atomic E-state index is 6.71. The molecule has 0 aromatic heterocycles. The van der Waals surface area contributed by atoms with Gasteiger partial charge in [-0.25, -0.2) is 0 Å². The summed E-state index contributed by atoms with van der Waals surface area (Å²) in [6, 6.07) is 0. The molecule has 20 heavy (non-hydrogen) atoms. The zero-order chi connectivity index (χ0) is 16.1. The van der Waals surface area contributed by atoms with Crippen molar-refractivity contribution in [1.82, 2.24) is 0 Å². The zero-order valence-corrected chi connectivity index (χ0v) is 15.4. The molecule has 1 aliphatic heterocycles. The van der Waals surface area contributed by atoms with Gasteiger partial charge < -0.3 is 4.74 Å². The molecule has 1 aliphatic rings. The second-order valence-electron chi connectivity index (χ2n) is 10.2. The molecule has 1 saturated heterocycles. The largest absolute Gasteiger partial charge is 0.381 e. The van der Waals surface area contributed by atoms with Crippen LogP contribution in [-0.2, 0) is 4.74 Å². The first-order chi connectivity index (χ1) is 8.59.